The number of rotatable bonds is 8. The number of unbranched alkanes of at least 4 members (excludes halogenated alkanes) is 5. The third-order valence-corrected chi connectivity index (χ3v) is 4.66. The van der Waals surface area contributed by atoms with Crippen LogP contribution < -0.4 is 10.6 Å². The summed E-state index contributed by atoms with van der Waals surface area (Å²) in [7, 11) is 0. The first-order valence-corrected chi connectivity index (χ1v) is 9.88. The van der Waals surface area contributed by atoms with Gasteiger partial charge < -0.3 is 10.6 Å². The minimum Gasteiger partial charge on any atom is -0.362 e. The van der Waals surface area contributed by atoms with Crippen LogP contribution in [0.15, 0.2) is 42.5 Å². The lowest BCUT2D eigenvalue weighted by Crippen LogP contribution is -2.29. The average Bonchev–Trinajstić information content (AvgIpc) is 2.65. The van der Waals surface area contributed by atoms with Crippen molar-refractivity contribution in [2.45, 2.75) is 45.4 Å². The maximum absolute atomic E-state index is 5.40. The number of fused-ring (bicyclic) bond motifs is 2. The normalized spacial score (nSPS) is 11.0. The van der Waals surface area contributed by atoms with Crippen molar-refractivity contribution in [1.82, 2.24) is 15.3 Å². The standard InChI is InChI=1S/C21H26N4S/c1-2-3-4-5-6-9-14-22-21(26)23-16-12-13-19-20(15-16)25-18-11-8-7-10-17(18)24-19/h7-8,10-13,15H,2-6,9,14H2,1H3,(H2,22,23,26). The lowest BCUT2D eigenvalue weighted by Gasteiger charge is -2.11. The van der Waals surface area contributed by atoms with E-state index < -0.39 is 0 Å². The molecular weight excluding hydrogens is 340 g/mol. The van der Waals surface area contributed by atoms with Crippen molar-refractivity contribution in [1.29, 1.82) is 0 Å². The van der Waals surface area contributed by atoms with Crippen LogP contribution in [0.2, 0.25) is 0 Å². The smallest absolute Gasteiger partial charge is 0.170 e. The second-order valence-electron chi connectivity index (χ2n) is 6.56. The molecule has 0 aliphatic rings. The Balaban J connectivity index is 1.53. The molecule has 0 saturated heterocycles. The van der Waals surface area contributed by atoms with E-state index in [-0.39, 0.29) is 0 Å². The summed E-state index contributed by atoms with van der Waals surface area (Å²) in [4.78, 5) is 9.34. The zero-order valence-electron chi connectivity index (χ0n) is 15.3. The average molecular weight is 367 g/mol. The highest BCUT2D eigenvalue weighted by Gasteiger charge is 2.03. The van der Waals surface area contributed by atoms with Gasteiger partial charge in [0.05, 0.1) is 22.1 Å². The Morgan fingerprint density at radius 3 is 2.27 bits per heavy atom. The van der Waals surface area contributed by atoms with Crippen LogP contribution >= 0.6 is 12.2 Å². The molecular formula is C21H26N4S. The minimum atomic E-state index is 0.659. The molecule has 2 N–H and O–H groups in total. The van der Waals surface area contributed by atoms with Crippen molar-refractivity contribution in [3.8, 4) is 0 Å². The third-order valence-electron chi connectivity index (χ3n) is 4.41. The highest BCUT2D eigenvalue weighted by Crippen LogP contribution is 2.19. The Morgan fingerprint density at radius 1 is 0.846 bits per heavy atom. The van der Waals surface area contributed by atoms with Gasteiger partial charge in [0, 0.05) is 12.2 Å². The van der Waals surface area contributed by atoms with Crippen LogP contribution in [0.25, 0.3) is 22.1 Å². The maximum atomic E-state index is 5.40. The Bertz CT molecular complexity index is 878. The van der Waals surface area contributed by atoms with E-state index in [0.717, 1.165) is 40.7 Å². The van der Waals surface area contributed by atoms with Crippen molar-refractivity contribution >= 4 is 45.1 Å². The number of anilines is 1. The van der Waals surface area contributed by atoms with Crippen LogP contribution in [-0.2, 0) is 0 Å². The van der Waals surface area contributed by atoms with Crippen molar-refractivity contribution in [3.63, 3.8) is 0 Å². The van der Waals surface area contributed by atoms with Gasteiger partial charge in [-0.05, 0) is 49.0 Å². The molecule has 3 rings (SSSR count). The first-order valence-electron chi connectivity index (χ1n) is 9.47. The van der Waals surface area contributed by atoms with Gasteiger partial charge in [0.25, 0.3) is 0 Å². The number of para-hydroxylation sites is 2. The zero-order chi connectivity index (χ0) is 18.2. The molecule has 1 aromatic heterocycles. The van der Waals surface area contributed by atoms with Gasteiger partial charge in [0.2, 0.25) is 0 Å². The van der Waals surface area contributed by atoms with E-state index in [9.17, 15) is 0 Å². The summed E-state index contributed by atoms with van der Waals surface area (Å²) in [6.07, 6.45) is 7.69. The molecule has 4 nitrogen and oxygen atoms in total. The quantitative estimate of drug-likeness (QED) is 0.316. The van der Waals surface area contributed by atoms with E-state index in [4.69, 9.17) is 17.2 Å². The van der Waals surface area contributed by atoms with Crippen molar-refractivity contribution < 1.29 is 0 Å². The highest BCUT2D eigenvalue weighted by atomic mass is 32.1. The van der Waals surface area contributed by atoms with Gasteiger partial charge in [-0.25, -0.2) is 9.97 Å². The summed E-state index contributed by atoms with van der Waals surface area (Å²) in [5, 5.41) is 7.19. The predicted octanol–water partition coefficient (Wildman–Crippen LogP) is 5.43. The second kappa shape index (κ2) is 9.43. The summed E-state index contributed by atoms with van der Waals surface area (Å²) in [5.41, 5.74) is 4.51. The number of aromatic nitrogens is 2. The number of benzene rings is 2. The fourth-order valence-corrected chi connectivity index (χ4v) is 3.20. The van der Waals surface area contributed by atoms with Crippen LogP contribution in [-0.4, -0.2) is 21.6 Å². The van der Waals surface area contributed by atoms with Crippen molar-refractivity contribution in [2.75, 3.05) is 11.9 Å². The van der Waals surface area contributed by atoms with Crippen LogP contribution in [0.5, 0.6) is 0 Å². The van der Waals surface area contributed by atoms with Crippen LogP contribution in [0.4, 0.5) is 5.69 Å². The van der Waals surface area contributed by atoms with E-state index in [1.807, 2.05) is 42.5 Å². The molecule has 1 heterocycles. The van der Waals surface area contributed by atoms with Gasteiger partial charge in [0.1, 0.15) is 0 Å². The number of nitrogens with one attached hydrogen (secondary N) is 2. The second-order valence-corrected chi connectivity index (χ2v) is 6.97. The summed E-state index contributed by atoms with van der Waals surface area (Å²) in [6.45, 7) is 3.16. The van der Waals surface area contributed by atoms with E-state index in [1.54, 1.807) is 0 Å². The Morgan fingerprint density at radius 2 is 1.50 bits per heavy atom. The molecule has 0 spiro atoms. The topological polar surface area (TPSA) is 49.8 Å². The lowest BCUT2D eigenvalue weighted by atomic mass is 10.1. The van der Waals surface area contributed by atoms with Crippen LogP contribution in [0.3, 0.4) is 0 Å². The molecule has 3 aromatic rings. The summed E-state index contributed by atoms with van der Waals surface area (Å²) in [6, 6.07) is 13.9. The molecule has 0 bridgehead atoms. The molecule has 26 heavy (non-hydrogen) atoms. The molecule has 0 fully saturated rings. The Hall–Kier alpha value is -2.27. The SMILES string of the molecule is CCCCCCCCNC(=S)Nc1ccc2nc3ccccc3nc2c1. The molecule has 0 atom stereocenters. The van der Waals surface area contributed by atoms with Crippen molar-refractivity contribution in [2.24, 2.45) is 0 Å². The fourth-order valence-electron chi connectivity index (χ4n) is 2.98. The third kappa shape index (κ3) is 5.11. The first-order chi connectivity index (χ1) is 12.8. The molecule has 0 saturated carbocycles. The van der Waals surface area contributed by atoms with Gasteiger partial charge in [-0.15, -0.1) is 0 Å². The number of thiocarbonyl (C=S) groups is 1. The van der Waals surface area contributed by atoms with Gasteiger partial charge >= 0.3 is 0 Å². The summed E-state index contributed by atoms with van der Waals surface area (Å²) in [5.74, 6) is 0. The van der Waals surface area contributed by atoms with Gasteiger partial charge in [-0.1, -0.05) is 51.2 Å². The van der Waals surface area contributed by atoms with Crippen molar-refractivity contribution in [3.05, 3.63) is 42.5 Å². The van der Waals surface area contributed by atoms with Gasteiger partial charge in [-0.3, -0.25) is 0 Å². The summed E-state index contributed by atoms with van der Waals surface area (Å²) >= 11 is 5.40. The number of hydrogen-bond acceptors (Lipinski definition) is 3. The summed E-state index contributed by atoms with van der Waals surface area (Å²) < 4.78 is 0. The number of hydrogen-bond donors (Lipinski definition) is 2. The van der Waals surface area contributed by atoms with Gasteiger partial charge in [0.15, 0.2) is 5.11 Å². The molecule has 0 aliphatic carbocycles. The molecule has 2 aromatic carbocycles. The van der Waals surface area contributed by atoms with E-state index in [0.29, 0.717) is 5.11 Å². The minimum absolute atomic E-state index is 0.659. The van der Waals surface area contributed by atoms with Crippen LogP contribution in [0.1, 0.15) is 45.4 Å². The maximum Gasteiger partial charge on any atom is 0.170 e. The Kier molecular flexibility index (Phi) is 6.72. The molecule has 0 unspecified atom stereocenters. The first kappa shape index (κ1) is 18.5. The molecule has 0 radical (unpaired) electrons. The zero-order valence-corrected chi connectivity index (χ0v) is 16.1. The lowest BCUT2D eigenvalue weighted by molar-refractivity contribution is 0.603. The molecule has 0 amide bonds. The monoisotopic (exact) mass is 366 g/mol. The van der Waals surface area contributed by atoms with Crippen LogP contribution in [0, 0.1) is 0 Å². The van der Waals surface area contributed by atoms with Gasteiger partial charge in [-0.2, -0.15) is 0 Å². The number of nitrogens with zero attached hydrogens (tertiary/aromatic N) is 2. The molecule has 5 heteroatoms. The van der Waals surface area contributed by atoms with E-state index in [2.05, 4.69) is 22.5 Å². The van der Waals surface area contributed by atoms with E-state index >= 15 is 0 Å². The molecule has 0 aliphatic heterocycles. The Labute approximate surface area is 160 Å². The predicted molar refractivity (Wildman–Crippen MR) is 115 cm³/mol. The highest BCUT2D eigenvalue weighted by molar-refractivity contribution is 7.80. The fraction of sp³-hybridized carbons (Fsp3) is 0.381. The molecule has 136 valence electrons. The largest absolute Gasteiger partial charge is 0.362 e. The van der Waals surface area contributed by atoms with E-state index in [1.165, 1.54) is 32.1 Å².